The number of carbonyl (C=O) groups is 2. The molecular formula is C22H25F3N4O4. The number of alkyl halides is 3. The lowest BCUT2D eigenvalue weighted by Gasteiger charge is -2.38. The lowest BCUT2D eigenvalue weighted by Crippen LogP contribution is -2.54. The number of nitrogens with zero attached hydrogens (tertiary/aromatic N) is 3. The molecule has 0 bridgehead atoms. The summed E-state index contributed by atoms with van der Waals surface area (Å²) < 4.78 is 42.6. The van der Waals surface area contributed by atoms with Crippen molar-refractivity contribution >= 4 is 11.8 Å². The first-order chi connectivity index (χ1) is 15.4. The first kappa shape index (κ1) is 23.2. The van der Waals surface area contributed by atoms with Gasteiger partial charge in [-0.3, -0.25) is 9.59 Å². The van der Waals surface area contributed by atoms with Crippen LogP contribution in [0.4, 0.5) is 13.2 Å². The molecule has 1 aromatic heterocycles. The first-order valence-electron chi connectivity index (χ1n) is 10.8. The Kier molecular flexibility index (Phi) is 5.94. The number of fused-ring (bicyclic) bond motifs is 1. The molecule has 0 unspecified atom stereocenters. The minimum atomic E-state index is -4.75. The van der Waals surface area contributed by atoms with Crippen LogP contribution < -0.4 is 5.32 Å². The van der Waals surface area contributed by atoms with Gasteiger partial charge in [0.15, 0.2) is 0 Å². The third kappa shape index (κ3) is 5.02. The number of halogens is 3. The van der Waals surface area contributed by atoms with E-state index in [0.717, 1.165) is 31.2 Å². The molecule has 1 aliphatic carbocycles. The number of aliphatic hydroxyl groups is 1. The molecule has 8 nitrogen and oxygen atoms in total. The molecule has 2 aromatic rings. The van der Waals surface area contributed by atoms with Gasteiger partial charge in [-0.1, -0.05) is 30.1 Å². The zero-order chi connectivity index (χ0) is 24.0. The fourth-order valence-electron chi connectivity index (χ4n) is 4.49. The number of hydrogen-bond acceptors (Lipinski definition) is 6. The lowest BCUT2D eigenvalue weighted by atomic mass is 9.88. The molecule has 1 fully saturated rings. The Balaban J connectivity index is 1.53. The predicted octanol–water partition coefficient (Wildman–Crippen LogP) is 3.30. The average molecular weight is 466 g/mol. The quantitative estimate of drug-likeness (QED) is 0.700. The molecular weight excluding hydrogens is 441 g/mol. The Morgan fingerprint density at radius 2 is 2.00 bits per heavy atom. The van der Waals surface area contributed by atoms with E-state index >= 15 is 0 Å². The molecule has 33 heavy (non-hydrogen) atoms. The second-order valence-electron chi connectivity index (χ2n) is 9.24. The van der Waals surface area contributed by atoms with E-state index in [2.05, 4.69) is 20.0 Å². The summed E-state index contributed by atoms with van der Waals surface area (Å²) in [6.07, 6.45) is -1.52. The molecule has 2 heterocycles. The smallest absolute Gasteiger partial charge is 0.390 e. The topological polar surface area (TPSA) is 109 Å². The number of nitrogens with one attached hydrogen (secondary N) is 1. The van der Waals surface area contributed by atoms with E-state index in [0.29, 0.717) is 12.1 Å². The highest BCUT2D eigenvalue weighted by Gasteiger charge is 2.40. The third-order valence-corrected chi connectivity index (χ3v) is 5.94. The summed E-state index contributed by atoms with van der Waals surface area (Å²) in [6, 6.07) is 4.27. The molecule has 2 N–H and O–H groups in total. The average Bonchev–Trinajstić information content (AvgIpc) is 3.32. The van der Waals surface area contributed by atoms with E-state index in [1.807, 2.05) is 0 Å². The monoisotopic (exact) mass is 466 g/mol. The molecule has 0 saturated heterocycles. The maximum Gasteiger partial charge on any atom is 0.471 e. The van der Waals surface area contributed by atoms with Crippen molar-refractivity contribution in [1.82, 2.24) is 20.4 Å². The Hall–Kier alpha value is -2.95. The number of rotatable bonds is 5. The number of benzene rings is 1. The van der Waals surface area contributed by atoms with E-state index in [4.69, 9.17) is 0 Å². The number of aromatic nitrogens is 2. The van der Waals surface area contributed by atoms with Crippen LogP contribution in [0.15, 0.2) is 22.7 Å². The molecule has 2 amide bonds. The standard InChI is InChI=1S/C22H25F3N4O4/c1-21(2,32)10-17(30)26-15-5-3-4-6-16(15)29-11-13-8-7-12(9-14(13)19(29)31)18-27-20(33-28-18)22(23,24)25/h7-9,15-16,32H,3-6,10-11H2,1-2H3,(H,26,30)/t15-,16-/m1/s1. The van der Waals surface area contributed by atoms with Gasteiger partial charge >= 0.3 is 12.1 Å². The molecule has 178 valence electrons. The number of hydrogen-bond donors (Lipinski definition) is 2. The maximum absolute atomic E-state index is 13.2. The number of carbonyl (C=O) groups excluding carboxylic acids is 2. The fraction of sp³-hybridized carbons (Fsp3) is 0.545. The zero-order valence-corrected chi connectivity index (χ0v) is 18.3. The van der Waals surface area contributed by atoms with Crippen LogP contribution in [-0.4, -0.2) is 49.6 Å². The predicted molar refractivity (Wildman–Crippen MR) is 110 cm³/mol. The van der Waals surface area contributed by atoms with Gasteiger partial charge in [0, 0.05) is 23.7 Å². The second kappa shape index (κ2) is 8.44. The summed E-state index contributed by atoms with van der Waals surface area (Å²) >= 11 is 0. The summed E-state index contributed by atoms with van der Waals surface area (Å²) in [5.41, 5.74) is 0.237. The van der Waals surface area contributed by atoms with Gasteiger partial charge in [-0.25, -0.2) is 0 Å². The van der Waals surface area contributed by atoms with Gasteiger partial charge in [-0.2, -0.15) is 18.2 Å². The highest BCUT2D eigenvalue weighted by molar-refractivity contribution is 5.99. The van der Waals surface area contributed by atoms with Crippen molar-refractivity contribution in [2.75, 3.05) is 0 Å². The van der Waals surface area contributed by atoms with E-state index in [-0.39, 0.29) is 41.7 Å². The van der Waals surface area contributed by atoms with Crippen LogP contribution in [-0.2, 0) is 17.5 Å². The Morgan fingerprint density at radius 1 is 1.27 bits per heavy atom. The van der Waals surface area contributed by atoms with Gasteiger partial charge < -0.3 is 19.8 Å². The second-order valence-corrected chi connectivity index (χ2v) is 9.24. The van der Waals surface area contributed by atoms with Crippen molar-refractivity contribution in [2.45, 2.75) is 76.4 Å². The van der Waals surface area contributed by atoms with Gasteiger partial charge in [0.2, 0.25) is 11.7 Å². The van der Waals surface area contributed by atoms with Crippen molar-refractivity contribution in [1.29, 1.82) is 0 Å². The molecule has 2 atom stereocenters. The van der Waals surface area contributed by atoms with Crippen LogP contribution in [0.5, 0.6) is 0 Å². The Bertz CT molecular complexity index is 1060. The summed E-state index contributed by atoms with van der Waals surface area (Å²) in [7, 11) is 0. The summed E-state index contributed by atoms with van der Waals surface area (Å²) in [5, 5.41) is 16.3. The molecule has 2 aliphatic rings. The lowest BCUT2D eigenvalue weighted by molar-refractivity contribution is -0.159. The molecule has 0 radical (unpaired) electrons. The SMILES string of the molecule is CC(C)(O)CC(=O)N[C@@H]1CCCC[C@H]1N1Cc2ccc(-c3noc(C(F)(F)F)n3)cc2C1=O. The Morgan fingerprint density at radius 3 is 2.67 bits per heavy atom. The summed E-state index contributed by atoms with van der Waals surface area (Å²) in [5.74, 6) is -2.22. The van der Waals surface area contributed by atoms with Crippen molar-refractivity contribution in [3.63, 3.8) is 0 Å². The zero-order valence-electron chi connectivity index (χ0n) is 18.3. The minimum Gasteiger partial charge on any atom is -0.390 e. The van der Waals surface area contributed by atoms with E-state index in [1.54, 1.807) is 30.9 Å². The molecule has 1 saturated carbocycles. The van der Waals surface area contributed by atoms with Gasteiger partial charge in [-0.15, -0.1) is 0 Å². The summed E-state index contributed by atoms with van der Waals surface area (Å²) in [4.78, 5) is 30.7. The van der Waals surface area contributed by atoms with E-state index in [9.17, 15) is 27.9 Å². The van der Waals surface area contributed by atoms with Gasteiger partial charge in [0.25, 0.3) is 5.91 Å². The first-order valence-corrected chi connectivity index (χ1v) is 10.8. The van der Waals surface area contributed by atoms with Gasteiger partial charge in [0.1, 0.15) is 0 Å². The molecule has 1 aromatic carbocycles. The van der Waals surface area contributed by atoms with Gasteiger partial charge in [0.05, 0.1) is 18.1 Å². The molecule has 4 rings (SSSR count). The van der Waals surface area contributed by atoms with Gasteiger partial charge in [-0.05, 0) is 38.3 Å². The molecule has 11 heteroatoms. The van der Waals surface area contributed by atoms with Crippen LogP contribution >= 0.6 is 0 Å². The van der Waals surface area contributed by atoms with Crippen molar-refractivity contribution < 1.29 is 32.4 Å². The molecule has 1 aliphatic heterocycles. The van der Waals surface area contributed by atoms with Crippen LogP contribution in [0, 0.1) is 0 Å². The van der Waals surface area contributed by atoms with Crippen molar-refractivity contribution in [3.05, 3.63) is 35.2 Å². The Labute approximate surface area is 188 Å². The van der Waals surface area contributed by atoms with Crippen molar-refractivity contribution in [2.24, 2.45) is 0 Å². The van der Waals surface area contributed by atoms with Crippen LogP contribution in [0.25, 0.3) is 11.4 Å². The normalized spacial score (nSPS) is 21.3. The van der Waals surface area contributed by atoms with E-state index < -0.39 is 17.7 Å². The highest BCUT2D eigenvalue weighted by Crippen LogP contribution is 2.34. The minimum absolute atomic E-state index is 0.0433. The van der Waals surface area contributed by atoms with E-state index in [1.165, 1.54) is 6.07 Å². The number of amides is 2. The van der Waals surface area contributed by atoms with Crippen LogP contribution in [0.1, 0.15) is 67.8 Å². The highest BCUT2D eigenvalue weighted by atomic mass is 19.4. The fourth-order valence-corrected chi connectivity index (χ4v) is 4.49. The largest absolute Gasteiger partial charge is 0.471 e. The third-order valence-electron chi connectivity index (χ3n) is 5.94. The maximum atomic E-state index is 13.2. The summed E-state index contributed by atoms with van der Waals surface area (Å²) in [6.45, 7) is 3.46. The molecule has 0 spiro atoms. The van der Waals surface area contributed by atoms with Crippen molar-refractivity contribution in [3.8, 4) is 11.4 Å². The van der Waals surface area contributed by atoms with Crippen LogP contribution in [0.3, 0.4) is 0 Å². The van der Waals surface area contributed by atoms with Crippen LogP contribution in [0.2, 0.25) is 0 Å².